The summed E-state index contributed by atoms with van der Waals surface area (Å²) in [5, 5.41) is 4.05. The van der Waals surface area contributed by atoms with Gasteiger partial charge in [-0.15, -0.1) is 0 Å². The van der Waals surface area contributed by atoms with Crippen molar-refractivity contribution in [2.24, 2.45) is 5.41 Å². The van der Waals surface area contributed by atoms with Crippen LogP contribution < -0.4 is 5.32 Å². The van der Waals surface area contributed by atoms with Gasteiger partial charge >= 0.3 is 0 Å². The third-order valence-electron chi connectivity index (χ3n) is 4.37. The first-order chi connectivity index (χ1) is 9.44. The van der Waals surface area contributed by atoms with Gasteiger partial charge in [0.1, 0.15) is 0 Å². The fourth-order valence-corrected chi connectivity index (χ4v) is 2.93. The van der Waals surface area contributed by atoms with Gasteiger partial charge in [-0.2, -0.15) is 0 Å². The number of halogens is 1. The topological polar surface area (TPSA) is 32.3 Å². The molecule has 0 aliphatic carbocycles. The van der Waals surface area contributed by atoms with E-state index in [1.807, 2.05) is 36.2 Å². The average Bonchev–Trinajstić information content (AvgIpc) is 2.46. The van der Waals surface area contributed by atoms with Crippen LogP contribution in [0.15, 0.2) is 24.3 Å². The minimum Gasteiger partial charge on any atom is -0.338 e. The van der Waals surface area contributed by atoms with Crippen LogP contribution in [0.3, 0.4) is 0 Å². The molecule has 0 spiro atoms. The van der Waals surface area contributed by atoms with Gasteiger partial charge in [-0.3, -0.25) is 4.79 Å². The van der Waals surface area contributed by atoms with Crippen molar-refractivity contribution in [1.29, 1.82) is 0 Å². The van der Waals surface area contributed by atoms with E-state index in [9.17, 15) is 4.79 Å². The van der Waals surface area contributed by atoms with Crippen LogP contribution in [-0.2, 0) is 4.79 Å². The summed E-state index contributed by atoms with van der Waals surface area (Å²) in [4.78, 5) is 14.6. The van der Waals surface area contributed by atoms with E-state index in [4.69, 9.17) is 11.6 Å². The highest BCUT2D eigenvalue weighted by atomic mass is 35.5. The summed E-state index contributed by atoms with van der Waals surface area (Å²) in [6.07, 6.45) is 2.02. The molecule has 0 bridgehead atoms. The molecule has 1 N–H and O–H groups in total. The van der Waals surface area contributed by atoms with E-state index in [-0.39, 0.29) is 17.4 Å². The van der Waals surface area contributed by atoms with Crippen LogP contribution in [0.4, 0.5) is 0 Å². The molecule has 20 heavy (non-hydrogen) atoms. The van der Waals surface area contributed by atoms with Crippen LogP contribution in [0.1, 0.15) is 38.3 Å². The van der Waals surface area contributed by atoms with Crippen molar-refractivity contribution >= 4 is 17.5 Å². The van der Waals surface area contributed by atoms with Crippen molar-refractivity contribution in [3.8, 4) is 0 Å². The fourth-order valence-electron chi connectivity index (χ4n) is 2.81. The third-order valence-corrected chi connectivity index (χ3v) is 4.62. The number of nitrogens with one attached hydrogen (secondary N) is 1. The molecule has 2 atom stereocenters. The first-order valence-electron chi connectivity index (χ1n) is 7.17. The molecule has 1 heterocycles. The Morgan fingerprint density at radius 3 is 2.60 bits per heavy atom. The summed E-state index contributed by atoms with van der Waals surface area (Å²) in [6.45, 7) is 5.90. The Hall–Kier alpha value is -1.06. The molecular weight excluding hydrogens is 272 g/mol. The maximum atomic E-state index is 12.8. The van der Waals surface area contributed by atoms with Crippen LogP contribution in [0, 0.1) is 5.41 Å². The standard InChI is InChI=1S/C16H23ClN2O/c1-12(13-5-7-14(17)8-6-13)19(3)15(20)16(2)9-4-10-18-11-16/h5-8,12,18H,4,9-11H2,1-3H3. The Kier molecular flexibility index (Phi) is 4.71. The van der Waals surface area contributed by atoms with Gasteiger partial charge in [-0.25, -0.2) is 0 Å². The van der Waals surface area contributed by atoms with Crippen LogP contribution in [0.5, 0.6) is 0 Å². The van der Waals surface area contributed by atoms with Crippen molar-refractivity contribution in [3.63, 3.8) is 0 Å². The van der Waals surface area contributed by atoms with Crippen LogP contribution >= 0.6 is 11.6 Å². The SMILES string of the molecule is CC(c1ccc(Cl)cc1)N(C)C(=O)C1(C)CCCNC1. The Morgan fingerprint density at radius 2 is 2.05 bits per heavy atom. The predicted octanol–water partition coefficient (Wildman–Crippen LogP) is 3.25. The van der Waals surface area contributed by atoms with Crippen molar-refractivity contribution in [1.82, 2.24) is 10.2 Å². The van der Waals surface area contributed by atoms with Crippen molar-refractivity contribution in [3.05, 3.63) is 34.9 Å². The monoisotopic (exact) mass is 294 g/mol. The minimum atomic E-state index is -0.284. The summed E-state index contributed by atoms with van der Waals surface area (Å²) >= 11 is 5.91. The van der Waals surface area contributed by atoms with Gasteiger partial charge in [-0.1, -0.05) is 23.7 Å². The van der Waals surface area contributed by atoms with Gasteiger partial charge in [0.2, 0.25) is 5.91 Å². The van der Waals surface area contributed by atoms with E-state index in [0.29, 0.717) is 0 Å². The smallest absolute Gasteiger partial charge is 0.230 e. The predicted molar refractivity (Wildman–Crippen MR) is 82.8 cm³/mol. The molecule has 0 radical (unpaired) electrons. The quantitative estimate of drug-likeness (QED) is 0.928. The summed E-state index contributed by atoms with van der Waals surface area (Å²) in [5.41, 5.74) is 0.825. The molecule has 2 rings (SSSR count). The van der Waals surface area contributed by atoms with E-state index in [1.165, 1.54) is 0 Å². The highest BCUT2D eigenvalue weighted by Crippen LogP contribution is 2.31. The lowest BCUT2D eigenvalue weighted by Crippen LogP contribution is -2.49. The lowest BCUT2D eigenvalue weighted by Gasteiger charge is -2.38. The number of benzene rings is 1. The highest BCUT2D eigenvalue weighted by Gasteiger charge is 2.37. The number of carbonyl (C=O) groups excluding carboxylic acids is 1. The van der Waals surface area contributed by atoms with Crippen molar-refractivity contribution in [2.75, 3.05) is 20.1 Å². The second kappa shape index (κ2) is 6.15. The molecule has 0 aromatic heterocycles. The molecule has 0 saturated carbocycles. The molecule has 1 saturated heterocycles. The molecule has 4 heteroatoms. The maximum Gasteiger partial charge on any atom is 0.230 e. The average molecular weight is 295 g/mol. The Balaban J connectivity index is 2.11. The van der Waals surface area contributed by atoms with Gasteiger partial charge in [0.15, 0.2) is 0 Å². The number of piperidine rings is 1. The number of amides is 1. The molecule has 1 aliphatic heterocycles. The van der Waals surface area contributed by atoms with E-state index in [1.54, 1.807) is 0 Å². The number of hydrogen-bond acceptors (Lipinski definition) is 2. The second-order valence-corrected chi connectivity index (χ2v) is 6.42. The molecule has 1 amide bonds. The van der Waals surface area contributed by atoms with Gasteiger partial charge in [0, 0.05) is 18.6 Å². The molecule has 1 aromatic rings. The number of carbonyl (C=O) groups is 1. The Morgan fingerprint density at radius 1 is 1.40 bits per heavy atom. The van der Waals surface area contributed by atoms with Gasteiger partial charge in [-0.05, 0) is 50.9 Å². The Bertz CT molecular complexity index is 466. The molecule has 1 aromatic carbocycles. The summed E-state index contributed by atoms with van der Waals surface area (Å²) in [7, 11) is 1.89. The molecule has 1 aliphatic rings. The van der Waals surface area contributed by atoms with Gasteiger partial charge < -0.3 is 10.2 Å². The first-order valence-corrected chi connectivity index (χ1v) is 7.55. The fraction of sp³-hybridized carbons (Fsp3) is 0.562. The molecular formula is C16H23ClN2O. The lowest BCUT2D eigenvalue weighted by molar-refractivity contribution is -0.142. The number of rotatable bonds is 3. The van der Waals surface area contributed by atoms with Gasteiger partial charge in [0.05, 0.1) is 11.5 Å². The van der Waals surface area contributed by atoms with Gasteiger partial charge in [0.25, 0.3) is 0 Å². The maximum absolute atomic E-state index is 12.8. The molecule has 3 nitrogen and oxygen atoms in total. The zero-order valence-electron chi connectivity index (χ0n) is 12.4. The van der Waals surface area contributed by atoms with E-state index >= 15 is 0 Å². The first kappa shape index (κ1) is 15.3. The third kappa shape index (κ3) is 3.15. The Labute approximate surface area is 126 Å². The van der Waals surface area contributed by atoms with E-state index in [0.717, 1.165) is 36.5 Å². The largest absolute Gasteiger partial charge is 0.338 e. The van der Waals surface area contributed by atoms with E-state index < -0.39 is 0 Å². The highest BCUT2D eigenvalue weighted by molar-refractivity contribution is 6.30. The summed E-state index contributed by atoms with van der Waals surface area (Å²) in [5.74, 6) is 0.215. The van der Waals surface area contributed by atoms with Crippen LogP contribution in [-0.4, -0.2) is 30.9 Å². The lowest BCUT2D eigenvalue weighted by atomic mass is 9.81. The number of hydrogen-bond donors (Lipinski definition) is 1. The second-order valence-electron chi connectivity index (χ2n) is 5.98. The van der Waals surface area contributed by atoms with Crippen LogP contribution in [0.25, 0.3) is 0 Å². The van der Waals surface area contributed by atoms with Crippen LogP contribution in [0.2, 0.25) is 5.02 Å². The molecule has 2 unspecified atom stereocenters. The summed E-state index contributed by atoms with van der Waals surface area (Å²) in [6, 6.07) is 7.76. The van der Waals surface area contributed by atoms with Crippen molar-refractivity contribution in [2.45, 2.75) is 32.7 Å². The zero-order valence-corrected chi connectivity index (χ0v) is 13.2. The van der Waals surface area contributed by atoms with E-state index in [2.05, 4.69) is 19.2 Å². The molecule has 110 valence electrons. The molecule has 1 fully saturated rings. The number of nitrogens with zero attached hydrogens (tertiary/aromatic N) is 1. The zero-order chi connectivity index (χ0) is 14.8. The normalized spacial score (nSPS) is 24.2. The van der Waals surface area contributed by atoms with Crippen molar-refractivity contribution < 1.29 is 4.79 Å². The minimum absolute atomic E-state index is 0.0542. The summed E-state index contributed by atoms with van der Waals surface area (Å²) < 4.78 is 0.